The number of likely N-dealkylation sites (tertiary alicyclic amines) is 2. The van der Waals surface area contributed by atoms with Gasteiger partial charge in [-0.15, -0.1) is 0 Å². The summed E-state index contributed by atoms with van der Waals surface area (Å²) in [5.41, 5.74) is 0. The van der Waals surface area contributed by atoms with Gasteiger partial charge in [0.1, 0.15) is 0 Å². The maximum Gasteiger partial charge on any atom is 0.222 e. The van der Waals surface area contributed by atoms with Crippen LogP contribution in [0, 0.1) is 5.92 Å². The lowest BCUT2D eigenvalue weighted by atomic mass is 9.97. The molecule has 0 saturated carbocycles. The van der Waals surface area contributed by atoms with Crippen LogP contribution in [0.2, 0.25) is 0 Å². The molecule has 0 radical (unpaired) electrons. The molecular weight excluding hydrogens is 276 g/mol. The van der Waals surface area contributed by atoms with Crippen LogP contribution in [0.15, 0.2) is 0 Å². The monoisotopic (exact) mass is 310 g/mol. The van der Waals surface area contributed by atoms with Gasteiger partial charge in [-0.05, 0) is 31.6 Å². The molecular formula is C18H34N2O2. The summed E-state index contributed by atoms with van der Waals surface area (Å²) in [6, 6.07) is 0. The predicted molar refractivity (Wildman–Crippen MR) is 89.7 cm³/mol. The summed E-state index contributed by atoms with van der Waals surface area (Å²) in [5.74, 6) is 0.964. The van der Waals surface area contributed by atoms with E-state index in [0.717, 1.165) is 58.4 Å². The van der Waals surface area contributed by atoms with Crippen LogP contribution in [0.5, 0.6) is 0 Å². The number of aliphatic hydroxyl groups is 1. The Hall–Kier alpha value is -0.610. The smallest absolute Gasteiger partial charge is 0.222 e. The lowest BCUT2D eigenvalue weighted by Crippen LogP contribution is -2.43. The summed E-state index contributed by atoms with van der Waals surface area (Å²) in [7, 11) is 0. The van der Waals surface area contributed by atoms with Crippen molar-refractivity contribution in [3.05, 3.63) is 0 Å². The minimum atomic E-state index is -0.135. The number of aliphatic hydroxyl groups excluding tert-OH is 1. The molecule has 2 saturated heterocycles. The summed E-state index contributed by atoms with van der Waals surface area (Å²) in [5, 5.41) is 9.62. The number of unbranched alkanes of at least 4 members (excludes halogenated alkanes) is 4. The van der Waals surface area contributed by atoms with E-state index in [1.165, 1.54) is 32.1 Å². The van der Waals surface area contributed by atoms with E-state index in [0.29, 0.717) is 11.8 Å². The van der Waals surface area contributed by atoms with Gasteiger partial charge in [0.05, 0.1) is 6.10 Å². The van der Waals surface area contributed by atoms with E-state index in [-0.39, 0.29) is 6.10 Å². The molecule has 2 rings (SSSR count). The Morgan fingerprint density at radius 1 is 1.09 bits per heavy atom. The second-order valence-corrected chi connectivity index (χ2v) is 7.21. The molecule has 4 nitrogen and oxygen atoms in total. The van der Waals surface area contributed by atoms with Gasteiger partial charge in [0.15, 0.2) is 0 Å². The van der Waals surface area contributed by atoms with Crippen molar-refractivity contribution in [2.45, 2.75) is 70.8 Å². The third-order valence-electron chi connectivity index (χ3n) is 5.13. The van der Waals surface area contributed by atoms with Crippen LogP contribution in [-0.2, 0) is 4.79 Å². The quantitative estimate of drug-likeness (QED) is 0.701. The molecule has 2 heterocycles. The summed E-state index contributed by atoms with van der Waals surface area (Å²) < 4.78 is 0. The summed E-state index contributed by atoms with van der Waals surface area (Å²) >= 11 is 0. The largest absolute Gasteiger partial charge is 0.392 e. The van der Waals surface area contributed by atoms with Gasteiger partial charge in [-0.2, -0.15) is 0 Å². The first-order valence-electron chi connectivity index (χ1n) is 9.37. The van der Waals surface area contributed by atoms with Crippen molar-refractivity contribution in [1.29, 1.82) is 0 Å². The number of nitrogens with zero attached hydrogens (tertiary/aromatic N) is 2. The molecule has 0 aromatic rings. The lowest BCUT2D eigenvalue weighted by Gasteiger charge is -2.34. The number of hydrogen-bond acceptors (Lipinski definition) is 3. The minimum Gasteiger partial charge on any atom is -0.392 e. The van der Waals surface area contributed by atoms with Gasteiger partial charge in [0.2, 0.25) is 5.91 Å². The Labute approximate surface area is 135 Å². The third-order valence-corrected chi connectivity index (χ3v) is 5.13. The third kappa shape index (κ3) is 5.88. The second kappa shape index (κ2) is 9.51. The first-order chi connectivity index (χ1) is 10.7. The topological polar surface area (TPSA) is 43.8 Å². The van der Waals surface area contributed by atoms with Gasteiger partial charge in [-0.25, -0.2) is 0 Å². The van der Waals surface area contributed by atoms with Crippen molar-refractivity contribution in [2.24, 2.45) is 5.92 Å². The van der Waals surface area contributed by atoms with Crippen molar-refractivity contribution < 1.29 is 9.90 Å². The Kier molecular flexibility index (Phi) is 7.67. The van der Waals surface area contributed by atoms with E-state index in [4.69, 9.17) is 0 Å². The van der Waals surface area contributed by atoms with Crippen molar-refractivity contribution >= 4 is 5.91 Å². The van der Waals surface area contributed by atoms with E-state index in [1.54, 1.807) is 0 Å². The zero-order valence-corrected chi connectivity index (χ0v) is 14.3. The molecule has 0 spiro atoms. The fraction of sp³-hybridized carbons (Fsp3) is 0.944. The zero-order valence-electron chi connectivity index (χ0n) is 14.3. The Morgan fingerprint density at radius 2 is 1.91 bits per heavy atom. The van der Waals surface area contributed by atoms with Gasteiger partial charge in [0.25, 0.3) is 0 Å². The van der Waals surface area contributed by atoms with E-state index in [1.807, 2.05) is 0 Å². The van der Waals surface area contributed by atoms with Crippen LogP contribution in [0.4, 0.5) is 0 Å². The zero-order chi connectivity index (χ0) is 15.8. The van der Waals surface area contributed by atoms with Crippen LogP contribution in [0.25, 0.3) is 0 Å². The molecule has 0 aromatic heterocycles. The Bertz CT molecular complexity index is 335. The second-order valence-electron chi connectivity index (χ2n) is 7.21. The highest BCUT2D eigenvalue weighted by molar-refractivity contribution is 5.76. The van der Waals surface area contributed by atoms with E-state index in [9.17, 15) is 9.90 Å². The summed E-state index contributed by atoms with van der Waals surface area (Å²) in [6.45, 7) is 6.99. The van der Waals surface area contributed by atoms with Crippen LogP contribution >= 0.6 is 0 Å². The minimum absolute atomic E-state index is 0.135. The molecule has 128 valence electrons. The van der Waals surface area contributed by atoms with Crippen LogP contribution in [0.1, 0.15) is 64.7 Å². The normalized spacial score (nSPS) is 26.5. The highest BCUT2D eigenvalue weighted by Gasteiger charge is 2.27. The fourth-order valence-corrected chi connectivity index (χ4v) is 3.82. The molecule has 22 heavy (non-hydrogen) atoms. The van der Waals surface area contributed by atoms with Crippen molar-refractivity contribution in [1.82, 2.24) is 9.80 Å². The molecule has 2 aliphatic heterocycles. The van der Waals surface area contributed by atoms with Gasteiger partial charge in [0, 0.05) is 39.1 Å². The van der Waals surface area contributed by atoms with Gasteiger partial charge in [-0.3, -0.25) is 4.79 Å². The molecule has 1 N–H and O–H groups in total. The predicted octanol–water partition coefficient (Wildman–Crippen LogP) is 2.65. The van der Waals surface area contributed by atoms with E-state index >= 15 is 0 Å². The van der Waals surface area contributed by atoms with Crippen molar-refractivity contribution in [2.75, 3.05) is 32.7 Å². The molecule has 2 aliphatic rings. The lowest BCUT2D eigenvalue weighted by molar-refractivity contribution is -0.133. The molecule has 4 heteroatoms. The average Bonchev–Trinajstić information content (AvgIpc) is 2.92. The highest BCUT2D eigenvalue weighted by atomic mass is 16.3. The van der Waals surface area contributed by atoms with Crippen molar-refractivity contribution in [3.63, 3.8) is 0 Å². The van der Waals surface area contributed by atoms with Crippen LogP contribution < -0.4 is 0 Å². The van der Waals surface area contributed by atoms with E-state index in [2.05, 4.69) is 16.7 Å². The number of carbonyl (C=O) groups excluding carboxylic acids is 1. The van der Waals surface area contributed by atoms with Crippen molar-refractivity contribution in [3.8, 4) is 0 Å². The number of carbonyl (C=O) groups is 1. The number of rotatable bonds is 8. The number of hydrogen-bond donors (Lipinski definition) is 1. The molecule has 1 amide bonds. The maximum absolute atomic E-state index is 12.3. The van der Waals surface area contributed by atoms with E-state index < -0.39 is 0 Å². The molecule has 0 bridgehead atoms. The Balaban J connectivity index is 1.65. The maximum atomic E-state index is 12.3. The standard InChI is InChI=1S/C18H34N2O2/c1-2-3-4-5-6-9-18(22)20-11-7-8-16(14-20)13-19-12-10-17(21)15-19/h16-17,21H,2-15H2,1H3. The Morgan fingerprint density at radius 3 is 2.64 bits per heavy atom. The van der Waals surface area contributed by atoms with Gasteiger partial charge < -0.3 is 14.9 Å². The SMILES string of the molecule is CCCCCCCC(=O)N1CCCC(CN2CCC(O)C2)C1. The first-order valence-corrected chi connectivity index (χ1v) is 9.37. The number of β-amino-alcohol motifs (C(OH)–C–C–N with tert-alkyl or cyclic N) is 1. The van der Waals surface area contributed by atoms with Gasteiger partial charge in [-0.1, -0.05) is 32.6 Å². The number of amides is 1. The molecule has 0 aliphatic carbocycles. The van der Waals surface area contributed by atoms with Gasteiger partial charge >= 0.3 is 0 Å². The fourth-order valence-electron chi connectivity index (χ4n) is 3.82. The van der Waals surface area contributed by atoms with Crippen LogP contribution in [-0.4, -0.2) is 59.6 Å². The highest BCUT2D eigenvalue weighted by Crippen LogP contribution is 2.21. The molecule has 0 aromatic carbocycles. The summed E-state index contributed by atoms with van der Waals surface area (Å²) in [4.78, 5) is 16.8. The average molecular weight is 310 g/mol. The number of piperidine rings is 1. The first kappa shape index (κ1) is 17.7. The van der Waals surface area contributed by atoms with Crippen LogP contribution in [0.3, 0.4) is 0 Å². The molecule has 2 unspecified atom stereocenters. The molecule has 2 atom stereocenters. The summed E-state index contributed by atoms with van der Waals surface area (Å²) in [6.07, 6.45) is 9.95. The molecule has 2 fully saturated rings.